The van der Waals surface area contributed by atoms with Gasteiger partial charge in [-0.15, -0.1) is 0 Å². The van der Waals surface area contributed by atoms with Gasteiger partial charge in [0.2, 0.25) is 11.8 Å². The van der Waals surface area contributed by atoms with E-state index in [4.69, 9.17) is 4.74 Å². The van der Waals surface area contributed by atoms with Crippen LogP contribution in [0.5, 0.6) is 0 Å². The van der Waals surface area contributed by atoms with E-state index < -0.39 is 53.5 Å². The molecule has 2 bridgehead atoms. The van der Waals surface area contributed by atoms with Gasteiger partial charge in [0.05, 0.1) is 23.7 Å². The Morgan fingerprint density at radius 3 is 2.35 bits per heavy atom. The first-order valence-electron chi connectivity index (χ1n) is 13.5. The number of alkyl halides is 3. The molecule has 0 spiro atoms. The fourth-order valence-electron chi connectivity index (χ4n) is 5.99. The van der Waals surface area contributed by atoms with Gasteiger partial charge < -0.3 is 19.9 Å². The zero-order valence-electron chi connectivity index (χ0n) is 23.4. The van der Waals surface area contributed by atoms with Crippen molar-refractivity contribution in [3.05, 3.63) is 35.4 Å². The van der Waals surface area contributed by atoms with Crippen molar-refractivity contribution in [3.63, 3.8) is 0 Å². The van der Waals surface area contributed by atoms with Crippen LogP contribution in [-0.4, -0.2) is 82.0 Å². The lowest BCUT2D eigenvalue weighted by Gasteiger charge is -2.39. The lowest BCUT2D eigenvalue weighted by molar-refractivity contribution is -0.141. The Kier molecular flexibility index (Phi) is 8.09. The lowest BCUT2D eigenvalue weighted by Crippen LogP contribution is -2.59. The van der Waals surface area contributed by atoms with Crippen LogP contribution in [0.2, 0.25) is 0 Å². The minimum atomic E-state index is -4.44. The van der Waals surface area contributed by atoms with Crippen LogP contribution >= 0.6 is 0 Å². The second-order valence-electron chi connectivity index (χ2n) is 12.1. The topological polar surface area (TPSA) is 106 Å². The van der Waals surface area contributed by atoms with Crippen molar-refractivity contribution in [1.29, 1.82) is 5.26 Å². The highest BCUT2D eigenvalue weighted by Crippen LogP contribution is 2.39. The fraction of sp³-hybridized carbons (Fsp3) is 0.643. The van der Waals surface area contributed by atoms with Crippen LogP contribution in [0.1, 0.15) is 64.6 Å². The van der Waals surface area contributed by atoms with Crippen LogP contribution in [0.4, 0.5) is 18.0 Å². The van der Waals surface area contributed by atoms with E-state index in [1.807, 2.05) is 11.8 Å². The average Bonchev–Trinajstić information content (AvgIpc) is 3.53. The van der Waals surface area contributed by atoms with Crippen LogP contribution in [0, 0.1) is 17.2 Å². The average molecular weight is 564 g/mol. The molecule has 3 aliphatic rings. The van der Waals surface area contributed by atoms with Crippen LogP contribution in [0.25, 0.3) is 0 Å². The number of nitrogens with zero attached hydrogens (tertiary/aromatic N) is 4. The summed E-state index contributed by atoms with van der Waals surface area (Å²) in [4.78, 5) is 44.7. The van der Waals surface area contributed by atoms with Gasteiger partial charge in [-0.25, -0.2) is 4.79 Å². The molecule has 0 aromatic heterocycles. The number of carbonyl (C=O) groups is 3. The number of ether oxygens (including phenoxy) is 1. The number of hydrogen-bond donors (Lipinski definition) is 1. The molecule has 3 heterocycles. The molecule has 1 aromatic rings. The molecule has 3 aliphatic heterocycles. The number of benzene rings is 1. The number of amides is 3. The second-order valence-corrected chi connectivity index (χ2v) is 12.1. The summed E-state index contributed by atoms with van der Waals surface area (Å²) < 4.78 is 44.3. The van der Waals surface area contributed by atoms with E-state index in [0.717, 1.165) is 12.1 Å². The van der Waals surface area contributed by atoms with E-state index in [1.54, 1.807) is 32.6 Å². The molecule has 6 unspecified atom stereocenters. The summed E-state index contributed by atoms with van der Waals surface area (Å²) in [5.74, 6) is -0.427. The third-order valence-electron chi connectivity index (χ3n) is 7.80. The normalized spacial score (nSPS) is 26.5. The third-order valence-corrected chi connectivity index (χ3v) is 7.80. The molecule has 1 aromatic carbocycles. The summed E-state index contributed by atoms with van der Waals surface area (Å²) in [5, 5.41) is 12.3. The van der Waals surface area contributed by atoms with Crippen molar-refractivity contribution in [2.24, 2.45) is 5.92 Å². The van der Waals surface area contributed by atoms with Gasteiger partial charge in [0, 0.05) is 25.7 Å². The molecule has 218 valence electrons. The van der Waals surface area contributed by atoms with Crippen LogP contribution in [0.3, 0.4) is 0 Å². The number of nitrogens with one attached hydrogen (secondary N) is 1. The highest BCUT2D eigenvalue weighted by Gasteiger charge is 2.52. The van der Waals surface area contributed by atoms with Crippen LogP contribution < -0.4 is 5.32 Å². The minimum Gasteiger partial charge on any atom is -0.444 e. The molecule has 6 atom stereocenters. The summed E-state index contributed by atoms with van der Waals surface area (Å²) in [5.41, 5.74) is -0.930. The Morgan fingerprint density at radius 1 is 1.15 bits per heavy atom. The molecule has 9 nitrogen and oxygen atoms in total. The molecular formula is C28H36F3N5O4. The SMILES string of the molecule is CC1CC(C#N)N(C(=O)C(CN2CC3CC2C(=O)N3C(C)c2ccc(C(F)(F)F)cc2)NC(=O)OC(C)(C)C)C1. The van der Waals surface area contributed by atoms with Crippen molar-refractivity contribution in [2.45, 2.75) is 89.4 Å². The van der Waals surface area contributed by atoms with Gasteiger partial charge in [0.15, 0.2) is 0 Å². The van der Waals surface area contributed by atoms with Crippen molar-refractivity contribution in [2.75, 3.05) is 19.6 Å². The number of halogens is 3. The number of fused-ring (bicyclic) bond motifs is 2. The van der Waals surface area contributed by atoms with Crippen LogP contribution in [0.15, 0.2) is 24.3 Å². The first-order valence-corrected chi connectivity index (χ1v) is 13.5. The third kappa shape index (κ3) is 6.19. The Balaban J connectivity index is 1.48. The fourth-order valence-corrected chi connectivity index (χ4v) is 5.99. The van der Waals surface area contributed by atoms with Gasteiger partial charge in [-0.2, -0.15) is 18.4 Å². The Hall–Kier alpha value is -3.33. The van der Waals surface area contributed by atoms with Gasteiger partial charge in [0.1, 0.15) is 17.7 Å². The molecule has 4 rings (SSSR count). The predicted molar refractivity (Wildman–Crippen MR) is 139 cm³/mol. The summed E-state index contributed by atoms with van der Waals surface area (Å²) in [6.07, 6.45) is -4.14. The highest BCUT2D eigenvalue weighted by atomic mass is 19.4. The summed E-state index contributed by atoms with van der Waals surface area (Å²) >= 11 is 0. The standard InChI is InChI=1S/C28H36F3N5O4/c1-16-10-20(12-32)35(13-16)24(37)22(33-26(39)40-27(3,4)5)15-34-14-21-11-23(34)25(38)36(21)17(2)18-6-8-19(9-7-18)28(29,30)31/h6-9,16-17,20-23H,10-11,13-15H2,1-5H3,(H,33,39). The zero-order chi connectivity index (χ0) is 29.6. The molecule has 40 heavy (non-hydrogen) atoms. The molecule has 0 saturated carbocycles. The number of alkyl carbamates (subject to hydrolysis) is 1. The van der Waals surface area contributed by atoms with Crippen molar-refractivity contribution >= 4 is 17.9 Å². The number of piperazine rings is 1. The Labute approximate surface area is 232 Å². The monoisotopic (exact) mass is 563 g/mol. The quantitative estimate of drug-likeness (QED) is 0.566. The second kappa shape index (κ2) is 10.9. The first-order chi connectivity index (χ1) is 18.6. The predicted octanol–water partition coefficient (Wildman–Crippen LogP) is 3.71. The Bertz CT molecular complexity index is 1180. The van der Waals surface area contributed by atoms with E-state index in [1.165, 1.54) is 17.0 Å². The van der Waals surface area contributed by atoms with Gasteiger partial charge in [0.25, 0.3) is 0 Å². The maximum absolute atomic E-state index is 13.6. The van der Waals surface area contributed by atoms with Crippen molar-refractivity contribution in [3.8, 4) is 6.07 Å². The molecule has 3 saturated heterocycles. The molecule has 3 fully saturated rings. The van der Waals surface area contributed by atoms with Crippen LogP contribution in [-0.2, 0) is 20.5 Å². The smallest absolute Gasteiger partial charge is 0.416 e. The number of rotatable bonds is 6. The summed E-state index contributed by atoms with van der Waals surface area (Å²) in [7, 11) is 0. The maximum Gasteiger partial charge on any atom is 0.416 e. The zero-order valence-corrected chi connectivity index (χ0v) is 23.4. The lowest BCUT2D eigenvalue weighted by atomic mass is 10.0. The molecule has 3 amide bonds. The van der Waals surface area contributed by atoms with Gasteiger partial charge in [-0.3, -0.25) is 14.5 Å². The molecule has 0 radical (unpaired) electrons. The molecular weight excluding hydrogens is 527 g/mol. The molecule has 0 aliphatic carbocycles. The van der Waals surface area contributed by atoms with E-state index in [9.17, 15) is 32.8 Å². The van der Waals surface area contributed by atoms with Crippen molar-refractivity contribution in [1.82, 2.24) is 20.0 Å². The van der Waals surface area contributed by atoms with E-state index >= 15 is 0 Å². The summed E-state index contributed by atoms with van der Waals surface area (Å²) in [6.45, 7) is 9.78. The molecule has 12 heteroatoms. The summed E-state index contributed by atoms with van der Waals surface area (Å²) in [6, 6.07) is 4.24. The van der Waals surface area contributed by atoms with Gasteiger partial charge in [-0.05, 0) is 64.2 Å². The number of hydrogen-bond acceptors (Lipinski definition) is 6. The Morgan fingerprint density at radius 2 is 1.80 bits per heavy atom. The van der Waals surface area contributed by atoms with E-state index in [2.05, 4.69) is 11.4 Å². The first kappa shape index (κ1) is 29.6. The van der Waals surface area contributed by atoms with Gasteiger partial charge in [-0.1, -0.05) is 19.1 Å². The van der Waals surface area contributed by atoms with Crippen molar-refractivity contribution < 1.29 is 32.3 Å². The number of likely N-dealkylation sites (tertiary alicyclic amines) is 3. The maximum atomic E-state index is 13.6. The van der Waals surface area contributed by atoms with Gasteiger partial charge >= 0.3 is 12.3 Å². The largest absolute Gasteiger partial charge is 0.444 e. The molecule has 1 N–H and O–H groups in total. The highest BCUT2D eigenvalue weighted by molar-refractivity contribution is 5.88. The van der Waals surface area contributed by atoms with E-state index in [-0.39, 0.29) is 24.4 Å². The number of carbonyl (C=O) groups excluding carboxylic acids is 3. The minimum absolute atomic E-state index is 0.0660. The number of nitriles is 1. The van der Waals surface area contributed by atoms with E-state index in [0.29, 0.717) is 31.5 Å².